The minimum atomic E-state index is -0.235. The molecule has 0 aromatic heterocycles. The smallest absolute Gasteiger partial charge is 0.275 e. The molecule has 0 aliphatic carbocycles. The van der Waals surface area contributed by atoms with Crippen molar-refractivity contribution in [1.82, 2.24) is 0 Å². The highest BCUT2D eigenvalue weighted by Crippen LogP contribution is 2.51. The third kappa shape index (κ3) is 10.0. The summed E-state index contributed by atoms with van der Waals surface area (Å²) in [6, 6.07) is 21.8. The monoisotopic (exact) mass is 714 g/mol. The number of aryl methyl sites for hydroxylation is 4. The molecule has 270 valence electrons. The summed E-state index contributed by atoms with van der Waals surface area (Å²) in [4.78, 5) is 0. The highest BCUT2D eigenvalue weighted by atomic mass is 31.1. The van der Waals surface area contributed by atoms with Gasteiger partial charge in [-0.25, -0.2) is 0 Å². The van der Waals surface area contributed by atoms with Crippen molar-refractivity contribution in [2.75, 3.05) is 0 Å². The van der Waals surface area contributed by atoms with Crippen molar-refractivity contribution in [1.29, 1.82) is 0 Å². The molecule has 4 aromatic carbocycles. The molecule has 4 nitrogen and oxygen atoms in total. The van der Waals surface area contributed by atoms with E-state index in [1.165, 1.54) is 11.1 Å². The predicted octanol–water partition coefficient (Wildman–Crippen LogP) is 13.7. The summed E-state index contributed by atoms with van der Waals surface area (Å²) in [6.07, 6.45) is 0. The third-order valence-electron chi connectivity index (χ3n) is 8.81. The van der Waals surface area contributed by atoms with Crippen LogP contribution in [0.3, 0.4) is 0 Å². The van der Waals surface area contributed by atoms with Crippen molar-refractivity contribution in [3.05, 3.63) is 105 Å². The van der Waals surface area contributed by atoms with E-state index in [-0.39, 0.29) is 39.7 Å². The van der Waals surface area contributed by atoms with Gasteiger partial charge in [-0.3, -0.25) is 0 Å². The van der Waals surface area contributed by atoms with Crippen LogP contribution in [0.4, 0.5) is 0 Å². The Labute approximate surface area is 307 Å². The lowest BCUT2D eigenvalue weighted by atomic mass is 9.75. The summed E-state index contributed by atoms with van der Waals surface area (Å²) in [5, 5.41) is 0. The molecule has 0 saturated carbocycles. The van der Waals surface area contributed by atoms with Crippen molar-refractivity contribution in [2.24, 2.45) is 0 Å². The SMILES string of the molecule is Cc1cc(C)cc(OPOc2c(-c3cc(C(C)(C)C)cc(C(C)(C)C)c3OPOc3cc(C)cc(C)c3)cc(C(C)(C)C)cc2C(C)(C)C)c1. The molecule has 0 spiro atoms. The van der Waals surface area contributed by atoms with Gasteiger partial charge in [0.05, 0.1) is 0 Å². The maximum Gasteiger partial charge on any atom is 0.275 e. The predicted molar refractivity (Wildman–Crippen MR) is 218 cm³/mol. The van der Waals surface area contributed by atoms with E-state index in [0.717, 1.165) is 67.5 Å². The van der Waals surface area contributed by atoms with Crippen LogP contribution < -0.4 is 18.1 Å². The Morgan fingerprint density at radius 2 is 0.660 bits per heavy atom. The van der Waals surface area contributed by atoms with Crippen molar-refractivity contribution in [2.45, 2.75) is 132 Å². The largest absolute Gasteiger partial charge is 0.441 e. The fraction of sp³-hybridized carbons (Fsp3) is 0.455. The molecular weight excluding hydrogens is 654 g/mol. The lowest BCUT2D eigenvalue weighted by Crippen LogP contribution is -2.19. The van der Waals surface area contributed by atoms with Crippen LogP contribution in [0.15, 0.2) is 60.7 Å². The molecule has 50 heavy (non-hydrogen) atoms. The lowest BCUT2D eigenvalue weighted by Gasteiger charge is -2.32. The van der Waals surface area contributed by atoms with E-state index < -0.39 is 0 Å². The highest BCUT2D eigenvalue weighted by molar-refractivity contribution is 7.27. The van der Waals surface area contributed by atoms with Gasteiger partial charge in [-0.05, 0) is 119 Å². The highest BCUT2D eigenvalue weighted by Gasteiger charge is 2.32. The van der Waals surface area contributed by atoms with Crippen LogP contribution in [-0.4, -0.2) is 0 Å². The fourth-order valence-electron chi connectivity index (χ4n) is 6.06. The average Bonchev–Trinajstić information content (AvgIpc) is 2.94. The second kappa shape index (κ2) is 14.9. The molecule has 0 fully saturated rings. The normalized spacial score (nSPS) is 13.0. The van der Waals surface area contributed by atoms with Crippen molar-refractivity contribution >= 4 is 18.1 Å². The van der Waals surface area contributed by atoms with Gasteiger partial charge >= 0.3 is 0 Å². The molecule has 0 N–H and O–H groups in total. The van der Waals surface area contributed by atoms with Gasteiger partial charge in [-0.2, -0.15) is 0 Å². The van der Waals surface area contributed by atoms with Crippen molar-refractivity contribution in [3.8, 4) is 34.1 Å². The summed E-state index contributed by atoms with van der Waals surface area (Å²) in [7, 11) is -0.470. The molecule has 0 bridgehead atoms. The van der Waals surface area contributed by atoms with E-state index in [2.05, 4.69) is 171 Å². The Kier molecular flexibility index (Phi) is 11.8. The van der Waals surface area contributed by atoms with Crippen molar-refractivity contribution in [3.63, 3.8) is 0 Å². The Bertz CT molecular complexity index is 1650. The first-order valence-corrected chi connectivity index (χ1v) is 19.3. The zero-order valence-electron chi connectivity index (χ0n) is 33.4. The van der Waals surface area contributed by atoms with Gasteiger partial charge in [0.25, 0.3) is 18.1 Å². The minimum Gasteiger partial charge on any atom is -0.441 e. The second-order valence-electron chi connectivity index (χ2n) is 18.0. The molecule has 6 heteroatoms. The Hall–Kier alpha value is -3.06. The third-order valence-corrected chi connectivity index (χ3v) is 10.0. The quantitative estimate of drug-likeness (QED) is 0.162. The van der Waals surface area contributed by atoms with E-state index >= 15 is 0 Å². The fourth-order valence-corrected chi connectivity index (χ4v) is 7.18. The Morgan fingerprint density at radius 1 is 0.360 bits per heavy atom. The minimum absolute atomic E-state index is 0.103. The summed E-state index contributed by atoms with van der Waals surface area (Å²) in [5.41, 5.74) is 10.8. The number of hydrogen-bond acceptors (Lipinski definition) is 4. The van der Waals surface area contributed by atoms with Crippen LogP contribution in [0.2, 0.25) is 0 Å². The molecule has 0 aliphatic rings. The first-order valence-electron chi connectivity index (χ1n) is 17.7. The molecule has 0 saturated heterocycles. The average molecular weight is 715 g/mol. The van der Waals surface area contributed by atoms with E-state index in [4.69, 9.17) is 18.1 Å². The van der Waals surface area contributed by atoms with Gasteiger partial charge < -0.3 is 18.1 Å². The molecule has 2 unspecified atom stereocenters. The molecule has 0 heterocycles. The summed E-state index contributed by atoms with van der Waals surface area (Å²) in [6.45, 7) is 35.5. The van der Waals surface area contributed by atoms with E-state index in [0.29, 0.717) is 0 Å². The van der Waals surface area contributed by atoms with E-state index in [1.807, 2.05) is 0 Å². The van der Waals surface area contributed by atoms with Gasteiger partial charge in [0.1, 0.15) is 23.0 Å². The first-order chi connectivity index (χ1) is 22.9. The van der Waals surface area contributed by atoms with Crippen molar-refractivity contribution < 1.29 is 18.1 Å². The molecule has 0 radical (unpaired) electrons. The number of rotatable bonds is 9. The second-order valence-corrected chi connectivity index (χ2v) is 19.2. The summed E-state index contributed by atoms with van der Waals surface area (Å²) in [5.74, 6) is 3.26. The van der Waals surface area contributed by atoms with Gasteiger partial charge in [-0.1, -0.05) is 107 Å². The summed E-state index contributed by atoms with van der Waals surface area (Å²) < 4.78 is 26.3. The topological polar surface area (TPSA) is 36.9 Å². The number of hydrogen-bond donors (Lipinski definition) is 0. The van der Waals surface area contributed by atoms with Crippen LogP contribution in [0.25, 0.3) is 11.1 Å². The molecule has 4 aromatic rings. The van der Waals surface area contributed by atoms with Crippen LogP contribution in [-0.2, 0) is 21.7 Å². The standard InChI is InChI=1S/C44H60O4P2/c1-27-17-28(2)20-33(19-27)45-49-47-39-35(23-31(41(5,6)7)25-37(39)43(11,12)13)36-24-32(42(8,9)10)26-38(44(14,15)16)40(36)48-50-46-34-21-29(3)18-30(4)22-34/h17-26,49-50H,1-16H3. The van der Waals surface area contributed by atoms with Crippen LogP contribution in [0.1, 0.15) is 128 Å². The van der Waals surface area contributed by atoms with E-state index in [1.54, 1.807) is 0 Å². The van der Waals surface area contributed by atoms with Gasteiger partial charge in [-0.15, -0.1) is 0 Å². The molecule has 0 amide bonds. The molecule has 4 rings (SSSR count). The number of benzene rings is 4. The van der Waals surface area contributed by atoms with Crippen LogP contribution in [0, 0.1) is 27.7 Å². The van der Waals surface area contributed by atoms with E-state index in [9.17, 15) is 0 Å². The molecular formula is C44H60O4P2. The lowest BCUT2D eigenvalue weighted by molar-refractivity contribution is 0.485. The van der Waals surface area contributed by atoms with Gasteiger partial charge in [0.2, 0.25) is 0 Å². The first kappa shape index (κ1) is 39.7. The zero-order valence-corrected chi connectivity index (χ0v) is 35.4. The van der Waals surface area contributed by atoms with Gasteiger partial charge in [0.15, 0.2) is 0 Å². The maximum atomic E-state index is 6.83. The van der Waals surface area contributed by atoms with Gasteiger partial charge in [0, 0.05) is 22.3 Å². The van der Waals surface area contributed by atoms with Crippen LogP contribution >= 0.6 is 18.1 Å². The zero-order chi connectivity index (χ0) is 37.4. The summed E-state index contributed by atoms with van der Waals surface area (Å²) >= 11 is 0. The Balaban J connectivity index is 1.99. The molecule has 2 atom stereocenters. The maximum absolute atomic E-state index is 6.83. The van der Waals surface area contributed by atoms with Crippen LogP contribution in [0.5, 0.6) is 23.0 Å². The molecule has 0 aliphatic heterocycles. The Morgan fingerprint density at radius 3 is 0.920 bits per heavy atom.